The lowest BCUT2D eigenvalue weighted by molar-refractivity contribution is -0.148. The molecule has 0 saturated heterocycles. The number of hydrogen-bond acceptors (Lipinski definition) is 5. The molecule has 78 valence electrons. The zero-order valence-electron chi connectivity index (χ0n) is 8.08. The highest BCUT2D eigenvalue weighted by Crippen LogP contribution is 2.11. The second-order valence-corrected chi connectivity index (χ2v) is 4.02. The summed E-state index contributed by atoms with van der Waals surface area (Å²) >= 11 is 1.44. The molecule has 0 saturated carbocycles. The zero-order chi connectivity index (χ0) is 10.3. The van der Waals surface area contributed by atoms with Crippen molar-refractivity contribution in [2.45, 2.75) is 19.4 Å². The van der Waals surface area contributed by atoms with Crippen molar-refractivity contribution in [1.29, 1.82) is 0 Å². The number of esters is 1. The van der Waals surface area contributed by atoms with Gasteiger partial charge >= 0.3 is 5.97 Å². The minimum absolute atomic E-state index is 0.101. The molecule has 0 aromatic carbocycles. The summed E-state index contributed by atoms with van der Waals surface area (Å²) in [6.07, 6.45) is 0. The van der Waals surface area contributed by atoms with Crippen LogP contribution in [0.3, 0.4) is 0 Å². The molecule has 5 heteroatoms. The van der Waals surface area contributed by atoms with Crippen LogP contribution in [0.2, 0.25) is 0 Å². The second kappa shape index (κ2) is 6.23. The number of hydrogen-bond donors (Lipinski definition) is 2. The van der Waals surface area contributed by atoms with Gasteiger partial charge in [0, 0.05) is 11.5 Å². The molecule has 0 amide bonds. The molecule has 0 fully saturated rings. The minimum atomic E-state index is -0.949. The predicted molar refractivity (Wildman–Crippen MR) is 53.6 cm³/mol. The lowest BCUT2D eigenvalue weighted by Gasteiger charge is -2.21. The molecule has 0 radical (unpaired) electrons. The third-order valence-corrected chi connectivity index (χ3v) is 2.65. The fourth-order valence-electron chi connectivity index (χ4n) is 0.704. The summed E-state index contributed by atoms with van der Waals surface area (Å²) in [6.45, 7) is 3.82. The first kappa shape index (κ1) is 12.7. The Morgan fingerprint density at radius 2 is 2.31 bits per heavy atom. The monoisotopic (exact) mass is 207 g/mol. The molecule has 4 nitrogen and oxygen atoms in total. The van der Waals surface area contributed by atoms with Gasteiger partial charge in [-0.15, -0.1) is 0 Å². The summed E-state index contributed by atoms with van der Waals surface area (Å²) in [6, 6.07) is 0. The highest BCUT2D eigenvalue weighted by atomic mass is 32.2. The van der Waals surface area contributed by atoms with Crippen LogP contribution in [-0.4, -0.2) is 41.3 Å². The lowest BCUT2D eigenvalue weighted by Crippen LogP contribution is -2.48. The van der Waals surface area contributed by atoms with Crippen molar-refractivity contribution < 1.29 is 14.6 Å². The van der Waals surface area contributed by atoms with Gasteiger partial charge in [0.15, 0.2) is 0 Å². The highest BCUT2D eigenvalue weighted by molar-refractivity contribution is 7.99. The molecule has 3 N–H and O–H groups in total. The van der Waals surface area contributed by atoms with Crippen LogP contribution in [0.1, 0.15) is 13.8 Å². The van der Waals surface area contributed by atoms with Crippen LogP contribution in [0, 0.1) is 0 Å². The molecule has 1 unspecified atom stereocenters. The minimum Gasteiger partial charge on any atom is -0.465 e. The normalized spacial score (nSPS) is 15.1. The maximum absolute atomic E-state index is 11.2. The first-order chi connectivity index (χ1) is 6.04. The van der Waals surface area contributed by atoms with E-state index in [0.717, 1.165) is 0 Å². The van der Waals surface area contributed by atoms with E-state index in [-0.39, 0.29) is 12.6 Å². The predicted octanol–water partition coefficient (Wildman–Crippen LogP) is -0.00760. The Balaban J connectivity index is 3.83. The van der Waals surface area contributed by atoms with Crippen molar-refractivity contribution in [2.24, 2.45) is 5.73 Å². The van der Waals surface area contributed by atoms with E-state index in [1.165, 1.54) is 11.8 Å². The maximum Gasteiger partial charge on any atom is 0.326 e. The number of nitrogens with two attached hydrogens (primary N) is 1. The molecule has 0 aliphatic carbocycles. The lowest BCUT2D eigenvalue weighted by atomic mass is 10.1. The Labute approximate surface area is 82.8 Å². The Hall–Kier alpha value is -0.260. The van der Waals surface area contributed by atoms with E-state index in [9.17, 15) is 4.79 Å². The molecule has 0 aliphatic heterocycles. The molecule has 0 aliphatic rings. The molecular weight excluding hydrogens is 190 g/mol. The fraction of sp³-hybridized carbons (Fsp3) is 0.875. The van der Waals surface area contributed by atoms with Gasteiger partial charge in [0.2, 0.25) is 0 Å². The number of thioether (sulfide) groups is 1. The van der Waals surface area contributed by atoms with Gasteiger partial charge in [-0.2, -0.15) is 11.8 Å². The third-order valence-electron chi connectivity index (χ3n) is 1.38. The fourth-order valence-corrected chi connectivity index (χ4v) is 1.52. The van der Waals surface area contributed by atoms with Gasteiger partial charge in [-0.3, -0.25) is 4.79 Å². The average molecular weight is 207 g/mol. The van der Waals surface area contributed by atoms with Gasteiger partial charge in [0.25, 0.3) is 0 Å². The van der Waals surface area contributed by atoms with Crippen LogP contribution in [-0.2, 0) is 9.53 Å². The van der Waals surface area contributed by atoms with E-state index in [1.54, 1.807) is 13.8 Å². The Morgan fingerprint density at radius 3 is 2.77 bits per heavy atom. The van der Waals surface area contributed by atoms with Gasteiger partial charge in [0.05, 0.1) is 13.2 Å². The summed E-state index contributed by atoms with van der Waals surface area (Å²) < 4.78 is 4.80. The van der Waals surface area contributed by atoms with Gasteiger partial charge < -0.3 is 15.6 Å². The molecule has 0 bridgehead atoms. The first-order valence-corrected chi connectivity index (χ1v) is 5.34. The van der Waals surface area contributed by atoms with Gasteiger partial charge in [-0.1, -0.05) is 0 Å². The third kappa shape index (κ3) is 5.13. The van der Waals surface area contributed by atoms with E-state index in [2.05, 4.69) is 0 Å². The number of aliphatic hydroxyl groups is 1. The number of rotatable bonds is 6. The Kier molecular flexibility index (Phi) is 6.11. The van der Waals surface area contributed by atoms with Crippen molar-refractivity contribution in [1.82, 2.24) is 0 Å². The van der Waals surface area contributed by atoms with Gasteiger partial charge in [-0.25, -0.2) is 0 Å². The summed E-state index contributed by atoms with van der Waals surface area (Å²) in [7, 11) is 0. The van der Waals surface area contributed by atoms with Crippen LogP contribution in [0.5, 0.6) is 0 Å². The van der Waals surface area contributed by atoms with E-state index in [4.69, 9.17) is 15.6 Å². The van der Waals surface area contributed by atoms with E-state index in [1.807, 2.05) is 0 Å². The largest absolute Gasteiger partial charge is 0.465 e. The van der Waals surface area contributed by atoms with E-state index in [0.29, 0.717) is 18.1 Å². The first-order valence-electron chi connectivity index (χ1n) is 4.19. The molecular formula is C8H17NO3S. The van der Waals surface area contributed by atoms with Crippen LogP contribution in [0.15, 0.2) is 0 Å². The topological polar surface area (TPSA) is 72.5 Å². The number of carbonyl (C=O) groups is 1. The smallest absolute Gasteiger partial charge is 0.326 e. The van der Waals surface area contributed by atoms with Crippen molar-refractivity contribution in [3.05, 3.63) is 0 Å². The van der Waals surface area contributed by atoms with Crippen molar-refractivity contribution in [3.63, 3.8) is 0 Å². The molecule has 0 aromatic rings. The van der Waals surface area contributed by atoms with E-state index < -0.39 is 5.54 Å². The van der Waals surface area contributed by atoms with Gasteiger partial charge in [0.1, 0.15) is 5.54 Å². The quantitative estimate of drug-likeness (QED) is 0.473. The SMILES string of the molecule is CCOC(=O)C(C)(N)CSCCO. The molecule has 13 heavy (non-hydrogen) atoms. The Morgan fingerprint density at radius 1 is 1.69 bits per heavy atom. The second-order valence-electron chi connectivity index (χ2n) is 2.91. The summed E-state index contributed by atoms with van der Waals surface area (Å²) in [5.74, 6) is 0.666. The van der Waals surface area contributed by atoms with Crippen LogP contribution < -0.4 is 5.73 Å². The molecule has 0 aromatic heterocycles. The van der Waals surface area contributed by atoms with Crippen molar-refractivity contribution in [3.8, 4) is 0 Å². The molecule has 0 rings (SSSR count). The number of ether oxygens (including phenoxy) is 1. The van der Waals surface area contributed by atoms with Crippen molar-refractivity contribution in [2.75, 3.05) is 24.7 Å². The van der Waals surface area contributed by atoms with Gasteiger partial charge in [-0.05, 0) is 13.8 Å². The summed E-state index contributed by atoms with van der Waals surface area (Å²) in [4.78, 5) is 11.2. The summed E-state index contributed by atoms with van der Waals surface area (Å²) in [5, 5.41) is 8.53. The summed E-state index contributed by atoms with van der Waals surface area (Å²) in [5.41, 5.74) is 4.76. The average Bonchev–Trinajstić information content (AvgIpc) is 2.05. The standard InChI is InChI=1S/C8H17NO3S/c1-3-12-7(11)8(2,9)6-13-5-4-10/h10H,3-6,9H2,1-2H3. The van der Waals surface area contributed by atoms with Crippen LogP contribution in [0.4, 0.5) is 0 Å². The maximum atomic E-state index is 11.2. The number of aliphatic hydroxyl groups excluding tert-OH is 1. The van der Waals surface area contributed by atoms with Crippen LogP contribution >= 0.6 is 11.8 Å². The van der Waals surface area contributed by atoms with Crippen LogP contribution in [0.25, 0.3) is 0 Å². The highest BCUT2D eigenvalue weighted by Gasteiger charge is 2.29. The number of carbonyl (C=O) groups excluding carboxylic acids is 1. The Bertz CT molecular complexity index is 161. The molecule has 0 spiro atoms. The zero-order valence-corrected chi connectivity index (χ0v) is 8.89. The van der Waals surface area contributed by atoms with E-state index >= 15 is 0 Å². The molecule has 1 atom stereocenters. The molecule has 0 heterocycles. The van der Waals surface area contributed by atoms with Crippen molar-refractivity contribution >= 4 is 17.7 Å².